The lowest BCUT2D eigenvalue weighted by atomic mass is 9.89. The zero-order valence-corrected chi connectivity index (χ0v) is 13.6. The number of carbonyl (C=O) groups excluding carboxylic acids is 2. The van der Waals surface area contributed by atoms with Gasteiger partial charge in [0.15, 0.2) is 0 Å². The third kappa shape index (κ3) is 3.53. The molecule has 0 bridgehead atoms. The van der Waals surface area contributed by atoms with Crippen LogP contribution in [0.25, 0.3) is 0 Å². The van der Waals surface area contributed by atoms with Crippen LogP contribution in [0, 0.1) is 13.8 Å². The van der Waals surface area contributed by atoms with Crippen LogP contribution >= 0.6 is 0 Å². The Balaban J connectivity index is 2.22. The minimum absolute atomic E-state index is 0.539. The minimum Gasteiger partial charge on any atom is -0.391 e. The molecule has 0 aliphatic carbocycles. The molecule has 0 saturated carbocycles. The number of amides is 3. The molecule has 0 spiro atoms. The van der Waals surface area contributed by atoms with Gasteiger partial charge < -0.3 is 10.4 Å². The molecule has 1 heterocycles. The van der Waals surface area contributed by atoms with Crippen molar-refractivity contribution in [3.05, 3.63) is 34.9 Å². The Morgan fingerprint density at radius 3 is 2.42 bits per heavy atom. The quantitative estimate of drug-likeness (QED) is 0.824. The van der Waals surface area contributed by atoms with E-state index in [0.717, 1.165) is 11.1 Å². The van der Waals surface area contributed by atoms with Crippen LogP contribution in [0.3, 0.4) is 0 Å². The Labute approximate surface area is 137 Å². The average Bonchev–Trinajstić information content (AvgIpc) is 2.64. The number of rotatable bonds is 4. The maximum Gasteiger partial charge on any atom is 0.391 e. The van der Waals surface area contributed by atoms with Gasteiger partial charge in [-0.3, -0.25) is 9.69 Å². The van der Waals surface area contributed by atoms with Crippen LogP contribution in [0.5, 0.6) is 0 Å². The minimum atomic E-state index is -4.57. The van der Waals surface area contributed by atoms with Crippen molar-refractivity contribution in [3.63, 3.8) is 0 Å². The first kappa shape index (κ1) is 18.3. The molecule has 1 aliphatic rings. The first-order valence-corrected chi connectivity index (χ1v) is 7.40. The number of aliphatic hydroxyl groups excluding tert-OH is 1. The molecule has 0 radical (unpaired) electrons. The highest BCUT2D eigenvalue weighted by atomic mass is 19.4. The number of halogens is 3. The van der Waals surface area contributed by atoms with E-state index in [-0.39, 0.29) is 0 Å². The number of imide groups is 1. The number of alkyl halides is 3. The van der Waals surface area contributed by atoms with E-state index in [4.69, 9.17) is 0 Å². The molecule has 2 unspecified atom stereocenters. The number of hydrogen-bond donors (Lipinski definition) is 2. The monoisotopic (exact) mass is 344 g/mol. The van der Waals surface area contributed by atoms with Gasteiger partial charge in [-0.1, -0.05) is 18.2 Å². The summed E-state index contributed by atoms with van der Waals surface area (Å²) < 4.78 is 36.9. The molecule has 2 rings (SSSR count). The van der Waals surface area contributed by atoms with Gasteiger partial charge in [0.2, 0.25) is 0 Å². The van der Waals surface area contributed by atoms with Gasteiger partial charge in [-0.25, -0.2) is 4.79 Å². The summed E-state index contributed by atoms with van der Waals surface area (Å²) >= 11 is 0. The lowest BCUT2D eigenvalue weighted by molar-refractivity contribution is -0.156. The number of aliphatic hydroxyl groups is 1. The second-order valence-corrected chi connectivity index (χ2v) is 6.24. The van der Waals surface area contributed by atoms with Gasteiger partial charge in [-0.15, -0.1) is 0 Å². The standard InChI is InChI=1S/C16H19F3N2O3/c1-9-4-5-11(6-10(9)2)15(3)13(23)21(14(24)20-15)8-12(22)7-16(17,18)19/h4-6,12,22H,7-8H2,1-3H3,(H,20,24). The van der Waals surface area contributed by atoms with E-state index in [1.807, 2.05) is 13.8 Å². The van der Waals surface area contributed by atoms with E-state index < -0.39 is 42.7 Å². The lowest BCUT2D eigenvalue weighted by Crippen LogP contribution is -2.42. The summed E-state index contributed by atoms with van der Waals surface area (Å²) in [6.45, 7) is 4.54. The molecular formula is C16H19F3N2O3. The summed E-state index contributed by atoms with van der Waals surface area (Å²) in [6.07, 6.45) is -7.91. The van der Waals surface area contributed by atoms with Gasteiger partial charge >= 0.3 is 12.2 Å². The molecule has 0 aromatic heterocycles. The van der Waals surface area contributed by atoms with Crippen LogP contribution in [0.2, 0.25) is 0 Å². The van der Waals surface area contributed by atoms with E-state index in [2.05, 4.69) is 5.32 Å². The van der Waals surface area contributed by atoms with Crippen molar-refractivity contribution in [2.24, 2.45) is 0 Å². The van der Waals surface area contributed by atoms with Crippen molar-refractivity contribution in [2.45, 2.75) is 45.0 Å². The normalized spacial score (nSPS) is 22.7. The fraction of sp³-hybridized carbons (Fsp3) is 0.500. The number of nitrogens with one attached hydrogen (secondary N) is 1. The molecule has 2 atom stereocenters. The predicted molar refractivity (Wildman–Crippen MR) is 80.2 cm³/mol. The van der Waals surface area contributed by atoms with Crippen LogP contribution in [0.15, 0.2) is 18.2 Å². The number of nitrogens with zero attached hydrogens (tertiary/aromatic N) is 1. The van der Waals surface area contributed by atoms with Crippen molar-refractivity contribution in [2.75, 3.05) is 6.54 Å². The van der Waals surface area contributed by atoms with E-state index in [0.29, 0.717) is 10.5 Å². The maximum absolute atomic E-state index is 12.6. The van der Waals surface area contributed by atoms with Gasteiger partial charge in [-0.2, -0.15) is 13.2 Å². The number of benzene rings is 1. The SMILES string of the molecule is Cc1ccc(C2(C)NC(=O)N(CC(O)CC(F)(F)F)C2=O)cc1C. The highest BCUT2D eigenvalue weighted by molar-refractivity contribution is 6.07. The van der Waals surface area contributed by atoms with E-state index in [1.54, 1.807) is 18.2 Å². The van der Waals surface area contributed by atoms with Crippen molar-refractivity contribution in [3.8, 4) is 0 Å². The zero-order valence-electron chi connectivity index (χ0n) is 13.6. The Kier molecular flexibility index (Phi) is 4.63. The summed E-state index contributed by atoms with van der Waals surface area (Å²) in [5, 5.41) is 12.0. The second-order valence-electron chi connectivity index (χ2n) is 6.24. The average molecular weight is 344 g/mol. The van der Waals surface area contributed by atoms with Gasteiger partial charge in [0.25, 0.3) is 5.91 Å². The molecule has 1 fully saturated rings. The van der Waals surface area contributed by atoms with E-state index in [9.17, 15) is 27.9 Å². The Hall–Kier alpha value is -2.09. The molecule has 2 N–H and O–H groups in total. The van der Waals surface area contributed by atoms with Crippen LogP contribution in [-0.4, -0.2) is 40.8 Å². The fourth-order valence-corrected chi connectivity index (χ4v) is 2.65. The lowest BCUT2D eigenvalue weighted by Gasteiger charge is -2.24. The molecule has 5 nitrogen and oxygen atoms in total. The van der Waals surface area contributed by atoms with E-state index >= 15 is 0 Å². The van der Waals surface area contributed by atoms with Crippen molar-refractivity contribution < 1.29 is 27.9 Å². The Bertz CT molecular complexity index is 675. The van der Waals surface area contributed by atoms with Gasteiger partial charge in [-0.05, 0) is 37.5 Å². The molecule has 1 aromatic carbocycles. The summed E-state index contributed by atoms with van der Waals surface area (Å²) in [4.78, 5) is 25.2. The largest absolute Gasteiger partial charge is 0.391 e. The van der Waals surface area contributed by atoms with Crippen LogP contribution in [0.4, 0.5) is 18.0 Å². The topological polar surface area (TPSA) is 69.6 Å². The third-order valence-corrected chi connectivity index (χ3v) is 4.22. The molecule has 1 aliphatic heterocycles. The molecule has 132 valence electrons. The first-order chi connectivity index (χ1) is 10.9. The first-order valence-electron chi connectivity index (χ1n) is 7.40. The summed E-state index contributed by atoms with van der Waals surface area (Å²) in [7, 11) is 0. The van der Waals surface area contributed by atoms with Gasteiger partial charge in [0, 0.05) is 0 Å². The zero-order chi connectivity index (χ0) is 18.3. The second kappa shape index (κ2) is 6.08. The summed E-state index contributed by atoms with van der Waals surface area (Å²) in [6, 6.07) is 4.43. The van der Waals surface area contributed by atoms with E-state index in [1.165, 1.54) is 6.92 Å². The van der Waals surface area contributed by atoms with Crippen LogP contribution < -0.4 is 5.32 Å². The summed E-state index contributed by atoms with van der Waals surface area (Å²) in [5.41, 5.74) is 1.10. The molecule has 24 heavy (non-hydrogen) atoms. The molecule has 1 aromatic rings. The van der Waals surface area contributed by atoms with Gasteiger partial charge in [0.1, 0.15) is 5.54 Å². The number of urea groups is 1. The number of aryl methyl sites for hydroxylation is 2. The number of carbonyl (C=O) groups is 2. The Morgan fingerprint density at radius 2 is 1.88 bits per heavy atom. The smallest absolute Gasteiger partial charge is 0.391 e. The highest BCUT2D eigenvalue weighted by Crippen LogP contribution is 2.31. The summed E-state index contributed by atoms with van der Waals surface area (Å²) in [5.74, 6) is -0.683. The van der Waals surface area contributed by atoms with Gasteiger partial charge in [0.05, 0.1) is 19.1 Å². The van der Waals surface area contributed by atoms with Crippen molar-refractivity contribution in [1.29, 1.82) is 0 Å². The number of hydrogen-bond acceptors (Lipinski definition) is 3. The number of β-amino-alcohol motifs (C(OH)–C–C–N with tert-alkyl or cyclic N) is 1. The maximum atomic E-state index is 12.6. The van der Waals surface area contributed by atoms with Crippen LogP contribution in [0.1, 0.15) is 30.0 Å². The third-order valence-electron chi connectivity index (χ3n) is 4.22. The molecule has 3 amide bonds. The van der Waals surface area contributed by atoms with Crippen LogP contribution in [-0.2, 0) is 10.3 Å². The van der Waals surface area contributed by atoms with Crippen molar-refractivity contribution in [1.82, 2.24) is 10.2 Å². The predicted octanol–water partition coefficient (Wildman–Crippen LogP) is 2.38. The van der Waals surface area contributed by atoms with Crippen molar-refractivity contribution >= 4 is 11.9 Å². The Morgan fingerprint density at radius 1 is 1.25 bits per heavy atom. The molecule has 8 heteroatoms. The molecule has 1 saturated heterocycles. The highest BCUT2D eigenvalue weighted by Gasteiger charge is 2.49. The fourth-order valence-electron chi connectivity index (χ4n) is 2.65. The molecular weight excluding hydrogens is 325 g/mol.